The fraction of sp³-hybridized carbons (Fsp3) is 0.850. The summed E-state index contributed by atoms with van der Waals surface area (Å²) in [5, 5.41) is 8.11. The molecule has 6 heteroatoms. The summed E-state index contributed by atoms with van der Waals surface area (Å²) in [6.07, 6.45) is 7.85. The maximum atomic E-state index is 4.45. The summed E-state index contributed by atoms with van der Waals surface area (Å²) >= 11 is 0. The Hall–Kier alpha value is -0.950. The fourth-order valence-corrected chi connectivity index (χ4v) is 5.14. The first-order valence-corrected chi connectivity index (χ1v) is 10.7. The van der Waals surface area contributed by atoms with E-state index in [0.717, 1.165) is 12.0 Å². The van der Waals surface area contributed by atoms with E-state index in [1.54, 1.807) is 0 Å². The number of hydrogen-bond acceptors (Lipinski definition) is 5. The molecule has 6 nitrogen and oxygen atoms in total. The summed E-state index contributed by atoms with van der Waals surface area (Å²) < 4.78 is 2.16. The van der Waals surface area contributed by atoms with Crippen LogP contribution in [-0.4, -0.2) is 96.0 Å². The van der Waals surface area contributed by atoms with Crippen molar-refractivity contribution in [3.63, 3.8) is 0 Å². The van der Waals surface area contributed by atoms with Crippen molar-refractivity contribution in [2.45, 2.75) is 38.3 Å². The van der Waals surface area contributed by atoms with Gasteiger partial charge in [-0.05, 0) is 44.3 Å². The molecule has 1 aromatic heterocycles. The lowest BCUT2D eigenvalue weighted by atomic mass is 9.89. The van der Waals surface area contributed by atoms with E-state index in [-0.39, 0.29) is 0 Å². The molecule has 0 aliphatic carbocycles. The van der Waals surface area contributed by atoms with Crippen LogP contribution >= 0.6 is 0 Å². The smallest absolute Gasteiger partial charge is 0.0543 e. The molecule has 2 unspecified atom stereocenters. The van der Waals surface area contributed by atoms with Crippen LogP contribution in [0.15, 0.2) is 18.5 Å². The SMILES string of the molecule is CCN1CCN(C2CNCCC2CN2CCC(n3cccn3)CC2)CC1. The number of hydrogen-bond donors (Lipinski definition) is 1. The van der Waals surface area contributed by atoms with E-state index in [9.17, 15) is 0 Å². The monoisotopic (exact) mass is 360 g/mol. The zero-order valence-electron chi connectivity index (χ0n) is 16.4. The minimum atomic E-state index is 0.604. The van der Waals surface area contributed by atoms with Crippen LogP contribution in [-0.2, 0) is 0 Å². The molecule has 3 saturated heterocycles. The van der Waals surface area contributed by atoms with Crippen LogP contribution < -0.4 is 5.32 Å². The Morgan fingerprint density at radius 2 is 1.81 bits per heavy atom. The summed E-state index contributed by atoms with van der Waals surface area (Å²) in [5.41, 5.74) is 0. The molecule has 2 atom stereocenters. The highest BCUT2D eigenvalue weighted by molar-refractivity contribution is 4.91. The molecule has 3 aliphatic rings. The molecule has 0 spiro atoms. The Kier molecular flexibility index (Phi) is 6.25. The Bertz CT molecular complexity index is 516. The predicted molar refractivity (Wildman–Crippen MR) is 105 cm³/mol. The summed E-state index contributed by atoms with van der Waals surface area (Å²) in [5.74, 6) is 0.825. The van der Waals surface area contributed by atoms with Gasteiger partial charge in [0.15, 0.2) is 0 Å². The van der Waals surface area contributed by atoms with Gasteiger partial charge < -0.3 is 15.1 Å². The molecular formula is C20H36N6. The Morgan fingerprint density at radius 1 is 1.00 bits per heavy atom. The maximum absolute atomic E-state index is 4.45. The van der Waals surface area contributed by atoms with Crippen LogP contribution in [0, 0.1) is 5.92 Å². The van der Waals surface area contributed by atoms with Gasteiger partial charge in [-0.3, -0.25) is 9.58 Å². The Morgan fingerprint density at radius 3 is 2.50 bits per heavy atom. The Labute approximate surface area is 158 Å². The quantitative estimate of drug-likeness (QED) is 0.853. The van der Waals surface area contributed by atoms with Gasteiger partial charge in [0, 0.05) is 70.8 Å². The average Bonchev–Trinajstić information content (AvgIpc) is 3.24. The molecule has 1 aromatic rings. The van der Waals surface area contributed by atoms with E-state index in [4.69, 9.17) is 0 Å². The molecule has 3 aliphatic heterocycles. The van der Waals surface area contributed by atoms with Crippen LogP contribution in [0.5, 0.6) is 0 Å². The first-order valence-electron chi connectivity index (χ1n) is 10.7. The lowest BCUT2D eigenvalue weighted by Gasteiger charge is -2.46. The summed E-state index contributed by atoms with van der Waals surface area (Å²) in [6.45, 7) is 14.6. The number of aromatic nitrogens is 2. The summed E-state index contributed by atoms with van der Waals surface area (Å²) in [7, 11) is 0. The second kappa shape index (κ2) is 8.83. The van der Waals surface area contributed by atoms with Crippen LogP contribution in [0.4, 0.5) is 0 Å². The summed E-state index contributed by atoms with van der Waals surface area (Å²) in [4.78, 5) is 8.09. The van der Waals surface area contributed by atoms with Gasteiger partial charge in [-0.2, -0.15) is 5.10 Å². The first-order chi connectivity index (χ1) is 12.8. The van der Waals surface area contributed by atoms with Gasteiger partial charge in [0.1, 0.15) is 0 Å². The maximum Gasteiger partial charge on any atom is 0.0543 e. The minimum Gasteiger partial charge on any atom is -0.315 e. The second-order valence-corrected chi connectivity index (χ2v) is 8.31. The molecular weight excluding hydrogens is 324 g/mol. The van der Waals surface area contributed by atoms with Gasteiger partial charge in [-0.1, -0.05) is 6.92 Å². The number of piperazine rings is 1. The standard InChI is InChI=1S/C20H36N6/c1-2-23-12-14-25(15-13-23)20-16-21-8-4-18(20)17-24-10-5-19(6-11-24)26-9-3-7-22-26/h3,7,9,18-21H,2,4-6,8,10-17H2,1H3. The highest BCUT2D eigenvalue weighted by Crippen LogP contribution is 2.26. The average molecular weight is 361 g/mol. The molecule has 0 saturated carbocycles. The van der Waals surface area contributed by atoms with Crippen LogP contribution in [0.25, 0.3) is 0 Å². The van der Waals surface area contributed by atoms with E-state index in [0.29, 0.717) is 6.04 Å². The van der Waals surface area contributed by atoms with E-state index in [1.165, 1.54) is 84.7 Å². The summed E-state index contributed by atoms with van der Waals surface area (Å²) in [6, 6.07) is 3.38. The topological polar surface area (TPSA) is 39.6 Å². The molecule has 146 valence electrons. The van der Waals surface area contributed by atoms with Crippen molar-refractivity contribution < 1.29 is 0 Å². The minimum absolute atomic E-state index is 0.604. The van der Waals surface area contributed by atoms with Crippen LogP contribution in [0.1, 0.15) is 32.2 Å². The van der Waals surface area contributed by atoms with E-state index in [1.807, 2.05) is 12.3 Å². The van der Waals surface area contributed by atoms with Crippen LogP contribution in [0.2, 0.25) is 0 Å². The number of piperidine rings is 2. The van der Waals surface area contributed by atoms with Gasteiger partial charge in [-0.15, -0.1) is 0 Å². The van der Waals surface area contributed by atoms with Gasteiger partial charge in [0.05, 0.1) is 6.04 Å². The highest BCUT2D eigenvalue weighted by Gasteiger charge is 2.33. The zero-order chi connectivity index (χ0) is 17.8. The third-order valence-electron chi connectivity index (χ3n) is 6.86. The van der Waals surface area contributed by atoms with Gasteiger partial charge in [0.25, 0.3) is 0 Å². The van der Waals surface area contributed by atoms with Crippen molar-refractivity contribution in [1.82, 2.24) is 29.8 Å². The lowest BCUT2D eigenvalue weighted by molar-refractivity contribution is 0.0394. The molecule has 0 amide bonds. The van der Waals surface area contributed by atoms with Gasteiger partial charge >= 0.3 is 0 Å². The molecule has 0 bridgehead atoms. The van der Waals surface area contributed by atoms with Crippen molar-refractivity contribution >= 4 is 0 Å². The molecule has 1 N–H and O–H groups in total. The molecule has 0 aromatic carbocycles. The molecule has 4 rings (SSSR count). The lowest BCUT2D eigenvalue weighted by Crippen LogP contribution is -2.59. The molecule has 26 heavy (non-hydrogen) atoms. The second-order valence-electron chi connectivity index (χ2n) is 8.31. The number of likely N-dealkylation sites (N-methyl/N-ethyl adjacent to an activating group) is 1. The van der Waals surface area contributed by atoms with Gasteiger partial charge in [0.2, 0.25) is 0 Å². The highest BCUT2D eigenvalue weighted by atomic mass is 15.3. The van der Waals surface area contributed by atoms with E-state index < -0.39 is 0 Å². The van der Waals surface area contributed by atoms with Crippen LogP contribution in [0.3, 0.4) is 0 Å². The molecule has 0 radical (unpaired) electrons. The number of nitrogens with zero attached hydrogens (tertiary/aromatic N) is 5. The van der Waals surface area contributed by atoms with E-state index >= 15 is 0 Å². The largest absolute Gasteiger partial charge is 0.315 e. The van der Waals surface area contributed by atoms with Crippen molar-refractivity contribution in [3.8, 4) is 0 Å². The molecule has 4 heterocycles. The number of likely N-dealkylation sites (tertiary alicyclic amines) is 1. The van der Waals surface area contributed by atoms with Crippen molar-refractivity contribution in [1.29, 1.82) is 0 Å². The molecule has 3 fully saturated rings. The van der Waals surface area contributed by atoms with Crippen molar-refractivity contribution in [3.05, 3.63) is 18.5 Å². The zero-order valence-corrected chi connectivity index (χ0v) is 16.4. The van der Waals surface area contributed by atoms with Crippen molar-refractivity contribution in [2.24, 2.45) is 5.92 Å². The van der Waals surface area contributed by atoms with E-state index in [2.05, 4.69) is 42.9 Å². The van der Waals surface area contributed by atoms with Crippen molar-refractivity contribution in [2.75, 3.05) is 65.4 Å². The number of nitrogens with one attached hydrogen (secondary N) is 1. The third-order valence-corrected chi connectivity index (χ3v) is 6.86. The Balaban J connectivity index is 1.29. The van der Waals surface area contributed by atoms with Gasteiger partial charge in [-0.25, -0.2) is 0 Å². The number of rotatable bonds is 5. The third kappa shape index (κ3) is 4.30. The predicted octanol–water partition coefficient (Wildman–Crippen LogP) is 1.14. The first kappa shape index (κ1) is 18.4. The fourth-order valence-electron chi connectivity index (χ4n) is 5.14. The normalized spacial score (nSPS) is 30.7.